The van der Waals surface area contributed by atoms with Crippen LogP contribution >= 0.6 is 43.2 Å². The van der Waals surface area contributed by atoms with Gasteiger partial charge in [-0.15, -0.1) is 11.3 Å². The first-order chi connectivity index (χ1) is 8.56. The molecule has 0 aliphatic heterocycles. The second-order valence-electron chi connectivity index (χ2n) is 3.65. The Bertz CT molecular complexity index is 583. The molecule has 6 heteroatoms. The Morgan fingerprint density at radius 3 is 2.83 bits per heavy atom. The quantitative estimate of drug-likeness (QED) is 0.864. The maximum Gasteiger partial charge on any atom is 0.252 e. The largest absolute Gasteiger partial charge is 0.347 e. The molecule has 1 aromatic carbocycles. The number of thiazole rings is 1. The number of nitrogens with one attached hydrogen (secondary N) is 1. The Kier molecular flexibility index (Phi) is 4.53. The summed E-state index contributed by atoms with van der Waals surface area (Å²) in [5.74, 6) is -0.0968. The van der Waals surface area contributed by atoms with Gasteiger partial charge < -0.3 is 5.32 Å². The highest BCUT2D eigenvalue weighted by Crippen LogP contribution is 2.22. The highest BCUT2D eigenvalue weighted by Gasteiger charge is 2.10. The van der Waals surface area contributed by atoms with Crippen LogP contribution in [0.15, 0.2) is 33.3 Å². The number of aryl methyl sites for hydroxylation is 1. The number of nitrogens with zero attached hydrogens (tertiary/aromatic N) is 1. The minimum absolute atomic E-state index is 0.0968. The molecular weight excluding hydrogens is 380 g/mol. The van der Waals surface area contributed by atoms with Crippen LogP contribution in [0.25, 0.3) is 0 Å². The van der Waals surface area contributed by atoms with Crippen molar-refractivity contribution >= 4 is 49.1 Å². The number of halogens is 2. The maximum atomic E-state index is 12.0. The maximum absolute atomic E-state index is 12.0. The first-order valence-electron chi connectivity index (χ1n) is 5.21. The van der Waals surface area contributed by atoms with Gasteiger partial charge in [-0.2, -0.15) is 0 Å². The van der Waals surface area contributed by atoms with Crippen molar-refractivity contribution in [3.8, 4) is 0 Å². The van der Waals surface area contributed by atoms with Crippen LogP contribution < -0.4 is 5.32 Å². The Labute approximate surface area is 126 Å². The number of benzene rings is 1. The molecule has 0 aliphatic rings. The van der Waals surface area contributed by atoms with E-state index in [0.717, 1.165) is 18.8 Å². The summed E-state index contributed by atoms with van der Waals surface area (Å²) in [6, 6.07) is 5.48. The molecule has 0 unspecified atom stereocenters. The number of aromatic nitrogens is 1. The van der Waals surface area contributed by atoms with E-state index in [1.54, 1.807) is 23.6 Å². The summed E-state index contributed by atoms with van der Waals surface area (Å²) in [6.07, 6.45) is 1.79. The summed E-state index contributed by atoms with van der Waals surface area (Å²) in [7, 11) is 0. The third kappa shape index (κ3) is 3.40. The van der Waals surface area contributed by atoms with Crippen LogP contribution in [-0.4, -0.2) is 10.9 Å². The summed E-state index contributed by atoms with van der Waals surface area (Å²) < 4.78 is 1.71. The summed E-state index contributed by atoms with van der Waals surface area (Å²) in [4.78, 5) is 17.2. The molecule has 0 spiro atoms. The predicted octanol–water partition coefficient (Wildman–Crippen LogP) is 3.91. The van der Waals surface area contributed by atoms with E-state index in [0.29, 0.717) is 12.1 Å². The molecule has 3 nitrogen and oxygen atoms in total. The van der Waals surface area contributed by atoms with Crippen LogP contribution in [0.3, 0.4) is 0 Å². The highest BCUT2D eigenvalue weighted by molar-refractivity contribution is 9.11. The van der Waals surface area contributed by atoms with Crippen molar-refractivity contribution in [2.45, 2.75) is 13.5 Å². The molecule has 1 N–H and O–H groups in total. The highest BCUT2D eigenvalue weighted by atomic mass is 79.9. The Hall–Kier alpha value is -0.720. The molecule has 18 heavy (non-hydrogen) atoms. The number of hydrogen-bond donors (Lipinski definition) is 1. The van der Waals surface area contributed by atoms with E-state index < -0.39 is 0 Å². The van der Waals surface area contributed by atoms with E-state index in [9.17, 15) is 4.79 Å². The van der Waals surface area contributed by atoms with Crippen LogP contribution in [0.4, 0.5) is 0 Å². The van der Waals surface area contributed by atoms with Gasteiger partial charge in [-0.25, -0.2) is 4.98 Å². The summed E-state index contributed by atoms with van der Waals surface area (Å²) in [6.45, 7) is 2.45. The summed E-state index contributed by atoms with van der Waals surface area (Å²) >= 11 is 8.32. The van der Waals surface area contributed by atoms with Crippen LogP contribution in [-0.2, 0) is 6.54 Å². The Morgan fingerprint density at radius 1 is 1.44 bits per heavy atom. The zero-order chi connectivity index (χ0) is 13.1. The average Bonchev–Trinajstić information content (AvgIpc) is 2.72. The third-order valence-electron chi connectivity index (χ3n) is 2.27. The summed E-state index contributed by atoms with van der Waals surface area (Å²) in [5.41, 5.74) is 0.624. The number of amides is 1. The molecule has 94 valence electrons. The van der Waals surface area contributed by atoms with Crippen molar-refractivity contribution in [3.63, 3.8) is 0 Å². The van der Waals surface area contributed by atoms with Crippen LogP contribution in [0, 0.1) is 6.92 Å². The lowest BCUT2D eigenvalue weighted by atomic mass is 10.2. The normalized spacial score (nSPS) is 10.4. The number of rotatable bonds is 3. The lowest BCUT2D eigenvalue weighted by Crippen LogP contribution is -2.22. The first kappa shape index (κ1) is 13.7. The minimum Gasteiger partial charge on any atom is -0.347 e. The van der Waals surface area contributed by atoms with Crippen molar-refractivity contribution in [2.24, 2.45) is 0 Å². The molecule has 0 saturated heterocycles. The van der Waals surface area contributed by atoms with Crippen molar-refractivity contribution < 1.29 is 4.79 Å². The van der Waals surface area contributed by atoms with Crippen molar-refractivity contribution in [1.82, 2.24) is 10.3 Å². The fraction of sp³-hybridized carbons (Fsp3) is 0.167. The van der Waals surface area contributed by atoms with Crippen LogP contribution in [0.2, 0.25) is 0 Å². The van der Waals surface area contributed by atoms with Gasteiger partial charge >= 0.3 is 0 Å². The Morgan fingerprint density at radius 2 is 2.22 bits per heavy atom. The van der Waals surface area contributed by atoms with Crippen molar-refractivity contribution in [2.75, 3.05) is 0 Å². The lowest BCUT2D eigenvalue weighted by molar-refractivity contribution is 0.0950. The van der Waals surface area contributed by atoms with Gasteiger partial charge in [-0.3, -0.25) is 4.79 Å². The second-order valence-corrected chi connectivity index (χ2v) is 6.74. The zero-order valence-electron chi connectivity index (χ0n) is 9.54. The van der Waals surface area contributed by atoms with Crippen molar-refractivity contribution in [1.29, 1.82) is 0 Å². The molecule has 2 aromatic rings. The van der Waals surface area contributed by atoms with E-state index >= 15 is 0 Å². The SMILES string of the molecule is Cc1ncc(CNC(=O)c2ccc(Br)cc2Br)s1. The van der Waals surface area contributed by atoms with Gasteiger partial charge in [-0.05, 0) is 41.1 Å². The number of carbonyl (C=O) groups excluding carboxylic acids is 1. The van der Waals surface area contributed by atoms with E-state index in [2.05, 4.69) is 42.2 Å². The number of hydrogen-bond acceptors (Lipinski definition) is 3. The molecule has 0 fully saturated rings. The van der Waals surface area contributed by atoms with Crippen molar-refractivity contribution in [3.05, 3.63) is 48.8 Å². The molecule has 1 aromatic heterocycles. The van der Waals surface area contributed by atoms with Crippen LogP contribution in [0.1, 0.15) is 20.2 Å². The second kappa shape index (κ2) is 5.95. The molecule has 2 rings (SSSR count). The minimum atomic E-state index is -0.0968. The lowest BCUT2D eigenvalue weighted by Gasteiger charge is -2.05. The van der Waals surface area contributed by atoms with Gasteiger partial charge in [-0.1, -0.05) is 15.9 Å². The average molecular weight is 390 g/mol. The van der Waals surface area contributed by atoms with E-state index in [4.69, 9.17) is 0 Å². The van der Waals surface area contributed by atoms with E-state index in [1.165, 1.54) is 0 Å². The number of carbonyl (C=O) groups is 1. The first-order valence-corrected chi connectivity index (χ1v) is 7.61. The van der Waals surface area contributed by atoms with Crippen LogP contribution in [0.5, 0.6) is 0 Å². The zero-order valence-corrected chi connectivity index (χ0v) is 13.5. The molecule has 0 radical (unpaired) electrons. The molecule has 0 bridgehead atoms. The molecule has 0 atom stereocenters. The van der Waals surface area contributed by atoms with Gasteiger partial charge in [0.1, 0.15) is 0 Å². The fourth-order valence-electron chi connectivity index (χ4n) is 1.42. The van der Waals surface area contributed by atoms with Gasteiger partial charge in [0.2, 0.25) is 0 Å². The predicted molar refractivity (Wildman–Crippen MR) is 79.9 cm³/mol. The molecule has 0 aliphatic carbocycles. The topological polar surface area (TPSA) is 42.0 Å². The Balaban J connectivity index is 2.03. The molecular formula is C12H10Br2N2OS. The summed E-state index contributed by atoms with van der Waals surface area (Å²) in [5, 5.41) is 3.88. The van der Waals surface area contributed by atoms with Gasteiger partial charge in [0, 0.05) is 20.0 Å². The van der Waals surface area contributed by atoms with Gasteiger partial charge in [0.15, 0.2) is 0 Å². The van der Waals surface area contributed by atoms with E-state index in [1.807, 2.05) is 19.1 Å². The van der Waals surface area contributed by atoms with Gasteiger partial charge in [0.25, 0.3) is 5.91 Å². The third-order valence-corrected chi connectivity index (χ3v) is 4.33. The molecule has 0 saturated carbocycles. The monoisotopic (exact) mass is 388 g/mol. The van der Waals surface area contributed by atoms with E-state index in [-0.39, 0.29) is 5.91 Å². The molecule has 1 heterocycles. The van der Waals surface area contributed by atoms with Gasteiger partial charge in [0.05, 0.1) is 17.1 Å². The standard InChI is InChI=1S/C12H10Br2N2OS/c1-7-15-5-9(18-7)6-16-12(17)10-3-2-8(13)4-11(10)14/h2-5H,6H2,1H3,(H,16,17). The fourth-order valence-corrected chi connectivity index (χ4v) is 3.39. The molecule has 1 amide bonds. The smallest absolute Gasteiger partial charge is 0.252 e.